The van der Waals surface area contributed by atoms with Crippen LogP contribution in [-0.4, -0.2) is 28.2 Å². The third-order valence-corrected chi connectivity index (χ3v) is 3.64. The number of hydrogen-bond acceptors (Lipinski definition) is 4. The standard InChI is InChI=1S/C17H14F2N4O3/c1-26-11-5-2-4-10(8-11)23(9-14-20-17(25)22-21-14)16(24)15-12(18)6-3-7-13(15)19/h2-8H,9H2,1H3,(H2,20,21,22,25). The average Bonchev–Trinajstić information content (AvgIpc) is 3.04. The molecule has 9 heteroatoms. The van der Waals surface area contributed by atoms with Crippen LogP contribution in [-0.2, 0) is 6.54 Å². The average molecular weight is 360 g/mol. The van der Waals surface area contributed by atoms with Gasteiger partial charge in [0.1, 0.15) is 22.9 Å². The van der Waals surface area contributed by atoms with E-state index in [0.717, 1.165) is 17.0 Å². The summed E-state index contributed by atoms with van der Waals surface area (Å²) in [5.41, 5.74) is -0.941. The van der Waals surface area contributed by atoms with E-state index in [-0.39, 0.29) is 12.4 Å². The Balaban J connectivity index is 2.07. The smallest absolute Gasteiger partial charge is 0.340 e. The van der Waals surface area contributed by atoms with E-state index in [9.17, 15) is 18.4 Å². The van der Waals surface area contributed by atoms with E-state index in [4.69, 9.17) is 4.74 Å². The molecule has 134 valence electrons. The van der Waals surface area contributed by atoms with Crippen molar-refractivity contribution in [3.63, 3.8) is 0 Å². The van der Waals surface area contributed by atoms with Gasteiger partial charge in [0.05, 0.1) is 13.7 Å². The summed E-state index contributed by atoms with van der Waals surface area (Å²) in [6.45, 7) is -0.210. The number of anilines is 1. The number of rotatable bonds is 5. The van der Waals surface area contributed by atoms with E-state index in [1.807, 2.05) is 0 Å². The highest BCUT2D eigenvalue weighted by Gasteiger charge is 2.25. The Morgan fingerprint density at radius 1 is 1.19 bits per heavy atom. The number of ether oxygens (including phenoxy) is 1. The van der Waals surface area contributed by atoms with Gasteiger partial charge in [0.15, 0.2) is 5.82 Å². The summed E-state index contributed by atoms with van der Waals surface area (Å²) < 4.78 is 33.3. The maximum absolute atomic E-state index is 14.1. The Morgan fingerprint density at radius 2 is 1.88 bits per heavy atom. The second kappa shape index (κ2) is 7.18. The molecular formula is C17H14F2N4O3. The fourth-order valence-corrected chi connectivity index (χ4v) is 2.43. The summed E-state index contributed by atoms with van der Waals surface area (Å²) in [6, 6.07) is 9.55. The lowest BCUT2D eigenvalue weighted by atomic mass is 10.1. The van der Waals surface area contributed by atoms with Crippen LogP contribution in [0.15, 0.2) is 47.3 Å². The topological polar surface area (TPSA) is 91.1 Å². The molecule has 1 amide bonds. The molecule has 1 aromatic heterocycles. The van der Waals surface area contributed by atoms with Gasteiger partial charge in [-0.25, -0.2) is 18.7 Å². The normalized spacial score (nSPS) is 10.6. The number of hydrogen-bond donors (Lipinski definition) is 2. The number of aromatic nitrogens is 3. The number of H-pyrrole nitrogens is 2. The van der Waals surface area contributed by atoms with Crippen LogP contribution in [0.3, 0.4) is 0 Å². The zero-order valence-corrected chi connectivity index (χ0v) is 13.6. The molecule has 0 aliphatic heterocycles. The van der Waals surface area contributed by atoms with E-state index < -0.39 is 28.8 Å². The first-order valence-electron chi connectivity index (χ1n) is 7.53. The first-order chi connectivity index (χ1) is 12.5. The second-order valence-corrected chi connectivity index (χ2v) is 5.31. The van der Waals surface area contributed by atoms with Crippen LogP contribution in [0.5, 0.6) is 5.75 Å². The molecule has 0 aliphatic carbocycles. The van der Waals surface area contributed by atoms with Crippen molar-refractivity contribution in [2.45, 2.75) is 6.54 Å². The fraction of sp³-hybridized carbons (Fsp3) is 0.118. The Bertz CT molecular complexity index is 979. The molecule has 0 aliphatic rings. The second-order valence-electron chi connectivity index (χ2n) is 5.31. The molecule has 1 heterocycles. The number of nitrogens with one attached hydrogen (secondary N) is 2. The van der Waals surface area contributed by atoms with E-state index in [1.54, 1.807) is 18.2 Å². The lowest BCUT2D eigenvalue weighted by Crippen LogP contribution is -2.32. The highest BCUT2D eigenvalue weighted by atomic mass is 19.1. The Morgan fingerprint density at radius 3 is 2.50 bits per heavy atom. The molecule has 0 radical (unpaired) electrons. The largest absolute Gasteiger partial charge is 0.497 e. The van der Waals surface area contributed by atoms with Crippen LogP contribution in [0.25, 0.3) is 0 Å². The maximum Gasteiger partial charge on any atom is 0.340 e. The van der Waals surface area contributed by atoms with Crippen LogP contribution in [0.4, 0.5) is 14.5 Å². The Hall–Kier alpha value is -3.49. The van der Waals surface area contributed by atoms with Crippen molar-refractivity contribution in [1.82, 2.24) is 15.2 Å². The van der Waals surface area contributed by atoms with E-state index in [1.165, 1.54) is 19.2 Å². The molecule has 0 saturated heterocycles. The van der Waals surface area contributed by atoms with Gasteiger partial charge < -0.3 is 9.64 Å². The molecule has 0 saturated carbocycles. The van der Waals surface area contributed by atoms with Crippen molar-refractivity contribution < 1.29 is 18.3 Å². The van der Waals surface area contributed by atoms with Gasteiger partial charge >= 0.3 is 5.69 Å². The van der Waals surface area contributed by atoms with Gasteiger partial charge in [0.25, 0.3) is 5.91 Å². The predicted molar refractivity (Wildman–Crippen MR) is 89.1 cm³/mol. The number of amides is 1. The van der Waals surface area contributed by atoms with Gasteiger partial charge in [0, 0.05) is 11.8 Å². The summed E-state index contributed by atoms with van der Waals surface area (Å²) in [5.74, 6) is -2.32. The predicted octanol–water partition coefficient (Wildman–Crippen LogP) is 2.23. The quantitative estimate of drug-likeness (QED) is 0.730. The number of carbonyl (C=O) groups is 1. The van der Waals surface area contributed by atoms with Crippen LogP contribution in [0, 0.1) is 11.6 Å². The third kappa shape index (κ3) is 3.46. The molecule has 2 N–H and O–H groups in total. The van der Waals surface area contributed by atoms with Gasteiger partial charge in [0.2, 0.25) is 0 Å². The summed E-state index contributed by atoms with van der Waals surface area (Å²) in [6.07, 6.45) is 0. The molecule has 2 aromatic carbocycles. The monoisotopic (exact) mass is 360 g/mol. The minimum atomic E-state index is -0.988. The molecule has 3 rings (SSSR count). The third-order valence-electron chi connectivity index (χ3n) is 3.64. The summed E-state index contributed by atoms with van der Waals surface area (Å²) in [7, 11) is 1.45. The number of methoxy groups -OCH3 is 1. The molecule has 7 nitrogen and oxygen atoms in total. The zero-order valence-electron chi connectivity index (χ0n) is 13.6. The van der Waals surface area contributed by atoms with Gasteiger partial charge in [-0.2, -0.15) is 5.10 Å². The molecule has 0 atom stereocenters. The van der Waals surface area contributed by atoms with Crippen LogP contribution < -0.4 is 15.3 Å². The number of aromatic amines is 2. The lowest BCUT2D eigenvalue weighted by molar-refractivity contribution is 0.0976. The SMILES string of the molecule is COc1cccc(N(Cc2n[nH]c(=O)[nH]2)C(=O)c2c(F)cccc2F)c1. The van der Waals surface area contributed by atoms with E-state index in [0.29, 0.717) is 11.4 Å². The maximum atomic E-state index is 14.1. The van der Waals surface area contributed by atoms with Gasteiger partial charge in [-0.3, -0.25) is 9.78 Å². The van der Waals surface area contributed by atoms with Crippen LogP contribution >= 0.6 is 0 Å². The number of nitrogens with zero attached hydrogens (tertiary/aromatic N) is 2. The molecule has 0 spiro atoms. The van der Waals surface area contributed by atoms with Crippen molar-refractivity contribution >= 4 is 11.6 Å². The minimum Gasteiger partial charge on any atom is -0.497 e. The number of benzene rings is 2. The summed E-state index contributed by atoms with van der Waals surface area (Å²) in [5, 5.41) is 5.92. The van der Waals surface area contributed by atoms with E-state index >= 15 is 0 Å². The van der Waals surface area contributed by atoms with Gasteiger partial charge in [-0.15, -0.1) is 0 Å². The van der Waals surface area contributed by atoms with Crippen molar-refractivity contribution in [3.05, 3.63) is 76.0 Å². The lowest BCUT2D eigenvalue weighted by Gasteiger charge is -2.22. The van der Waals surface area contributed by atoms with Gasteiger partial charge in [-0.1, -0.05) is 12.1 Å². The first kappa shape index (κ1) is 17.3. The Labute approximate surface area is 146 Å². The fourth-order valence-electron chi connectivity index (χ4n) is 2.43. The zero-order chi connectivity index (χ0) is 18.7. The highest BCUT2D eigenvalue weighted by Crippen LogP contribution is 2.25. The molecular weight excluding hydrogens is 346 g/mol. The van der Waals surface area contributed by atoms with Crippen molar-refractivity contribution in [2.75, 3.05) is 12.0 Å². The van der Waals surface area contributed by atoms with E-state index in [2.05, 4.69) is 15.2 Å². The van der Waals surface area contributed by atoms with Gasteiger partial charge in [-0.05, 0) is 24.3 Å². The molecule has 26 heavy (non-hydrogen) atoms. The van der Waals surface area contributed by atoms with Crippen molar-refractivity contribution in [1.29, 1.82) is 0 Å². The van der Waals surface area contributed by atoms with Crippen molar-refractivity contribution in [2.24, 2.45) is 0 Å². The first-order valence-corrected chi connectivity index (χ1v) is 7.53. The summed E-state index contributed by atoms with van der Waals surface area (Å²) >= 11 is 0. The highest BCUT2D eigenvalue weighted by molar-refractivity contribution is 6.06. The summed E-state index contributed by atoms with van der Waals surface area (Å²) in [4.78, 5) is 27.6. The number of carbonyl (C=O) groups excluding carboxylic acids is 1. The minimum absolute atomic E-state index is 0.128. The van der Waals surface area contributed by atoms with Crippen LogP contribution in [0.1, 0.15) is 16.2 Å². The molecule has 0 unspecified atom stereocenters. The Kier molecular flexibility index (Phi) is 4.78. The number of halogens is 2. The molecule has 3 aromatic rings. The molecule has 0 fully saturated rings. The molecule has 0 bridgehead atoms. The van der Waals surface area contributed by atoms with Crippen molar-refractivity contribution in [3.8, 4) is 5.75 Å². The van der Waals surface area contributed by atoms with Crippen LogP contribution in [0.2, 0.25) is 0 Å².